The van der Waals surface area contributed by atoms with Gasteiger partial charge in [0.25, 0.3) is 0 Å². The van der Waals surface area contributed by atoms with Crippen molar-refractivity contribution in [2.24, 2.45) is 5.92 Å². The second-order valence-corrected chi connectivity index (χ2v) is 4.92. The Hall–Kier alpha value is -0.670. The largest absolute Gasteiger partial charge is 0.310 e. The average Bonchev–Trinajstić information content (AvgIpc) is 2.33. The number of aromatic nitrogens is 2. The minimum absolute atomic E-state index is 0.345. The van der Waals surface area contributed by atoms with E-state index in [-0.39, 0.29) is 0 Å². The fraction of sp³-hybridized carbons (Fsp3) is 0.667. The first-order valence-electron chi connectivity index (χ1n) is 5.97. The van der Waals surface area contributed by atoms with Crippen LogP contribution >= 0.6 is 11.6 Å². The molecule has 1 N–H and O–H groups in total. The molecule has 0 amide bonds. The van der Waals surface area contributed by atoms with Crippen molar-refractivity contribution in [2.75, 3.05) is 6.54 Å². The van der Waals surface area contributed by atoms with Crippen molar-refractivity contribution in [3.63, 3.8) is 0 Å². The van der Waals surface area contributed by atoms with Crippen molar-refractivity contribution in [2.45, 2.75) is 37.6 Å². The van der Waals surface area contributed by atoms with E-state index in [9.17, 15) is 0 Å². The summed E-state index contributed by atoms with van der Waals surface area (Å²) in [6, 6.07) is 1.83. The van der Waals surface area contributed by atoms with Crippen LogP contribution in [-0.4, -0.2) is 21.9 Å². The van der Waals surface area contributed by atoms with Gasteiger partial charge in [-0.2, -0.15) is 0 Å². The van der Waals surface area contributed by atoms with Crippen LogP contribution in [0.5, 0.6) is 0 Å². The number of nitrogens with one attached hydrogen (secondary N) is 1. The SMILES string of the molecule is ClC1CCCCC1CNCc1ncccn1. The van der Waals surface area contributed by atoms with Crippen LogP contribution in [0.25, 0.3) is 0 Å². The van der Waals surface area contributed by atoms with E-state index in [1.807, 2.05) is 6.07 Å². The van der Waals surface area contributed by atoms with Crippen molar-refractivity contribution in [1.29, 1.82) is 0 Å². The zero-order valence-electron chi connectivity index (χ0n) is 9.40. The molecule has 0 spiro atoms. The first-order chi connectivity index (χ1) is 7.86. The Balaban J connectivity index is 1.71. The predicted octanol–water partition coefficient (Wildman–Crippen LogP) is 2.36. The van der Waals surface area contributed by atoms with Crippen molar-refractivity contribution in [1.82, 2.24) is 15.3 Å². The van der Waals surface area contributed by atoms with E-state index in [2.05, 4.69) is 15.3 Å². The molecular weight excluding hydrogens is 222 g/mol. The maximum Gasteiger partial charge on any atom is 0.141 e. The smallest absolute Gasteiger partial charge is 0.141 e. The molecule has 16 heavy (non-hydrogen) atoms. The summed E-state index contributed by atoms with van der Waals surface area (Å²) >= 11 is 6.29. The van der Waals surface area contributed by atoms with Gasteiger partial charge in [-0.05, 0) is 31.4 Å². The Labute approximate surface area is 102 Å². The number of nitrogens with zero attached hydrogens (tertiary/aromatic N) is 2. The zero-order chi connectivity index (χ0) is 11.2. The van der Waals surface area contributed by atoms with Crippen LogP contribution in [0.2, 0.25) is 0 Å². The van der Waals surface area contributed by atoms with Crippen LogP contribution in [0, 0.1) is 5.92 Å². The van der Waals surface area contributed by atoms with E-state index >= 15 is 0 Å². The molecular formula is C12H18ClN3. The quantitative estimate of drug-likeness (QED) is 0.820. The number of rotatable bonds is 4. The molecule has 1 aromatic rings. The summed E-state index contributed by atoms with van der Waals surface area (Å²) in [6.45, 7) is 1.72. The summed E-state index contributed by atoms with van der Waals surface area (Å²) in [6.07, 6.45) is 8.56. The van der Waals surface area contributed by atoms with Crippen LogP contribution in [0.4, 0.5) is 0 Å². The van der Waals surface area contributed by atoms with Crippen LogP contribution < -0.4 is 5.32 Å². The van der Waals surface area contributed by atoms with E-state index in [1.54, 1.807) is 12.4 Å². The molecule has 2 unspecified atom stereocenters. The highest BCUT2D eigenvalue weighted by atomic mass is 35.5. The number of alkyl halides is 1. The number of halogens is 1. The summed E-state index contributed by atoms with van der Waals surface area (Å²) < 4.78 is 0. The Morgan fingerprint density at radius 2 is 2.00 bits per heavy atom. The first kappa shape index (κ1) is 11.8. The fourth-order valence-electron chi connectivity index (χ4n) is 2.18. The molecule has 3 nitrogen and oxygen atoms in total. The molecule has 0 radical (unpaired) electrons. The molecule has 2 atom stereocenters. The third kappa shape index (κ3) is 3.42. The van der Waals surface area contributed by atoms with Crippen LogP contribution in [0.3, 0.4) is 0 Å². The lowest BCUT2D eigenvalue weighted by atomic mass is 9.89. The summed E-state index contributed by atoms with van der Waals surface area (Å²) in [5.41, 5.74) is 0. The molecule has 4 heteroatoms. The highest BCUT2D eigenvalue weighted by Crippen LogP contribution is 2.27. The lowest BCUT2D eigenvalue weighted by Gasteiger charge is -2.27. The highest BCUT2D eigenvalue weighted by Gasteiger charge is 2.22. The Kier molecular flexibility index (Phi) is 4.55. The summed E-state index contributed by atoms with van der Waals surface area (Å²) in [7, 11) is 0. The Morgan fingerprint density at radius 3 is 2.75 bits per heavy atom. The highest BCUT2D eigenvalue weighted by molar-refractivity contribution is 6.20. The molecule has 1 aliphatic rings. The van der Waals surface area contributed by atoms with Gasteiger partial charge >= 0.3 is 0 Å². The van der Waals surface area contributed by atoms with E-state index in [0.29, 0.717) is 11.3 Å². The van der Waals surface area contributed by atoms with Gasteiger partial charge in [-0.25, -0.2) is 9.97 Å². The van der Waals surface area contributed by atoms with Crippen molar-refractivity contribution >= 4 is 11.6 Å². The molecule has 1 fully saturated rings. The lowest BCUT2D eigenvalue weighted by Crippen LogP contribution is -2.31. The van der Waals surface area contributed by atoms with Gasteiger partial charge in [-0.15, -0.1) is 11.6 Å². The summed E-state index contributed by atoms with van der Waals surface area (Å²) in [5.74, 6) is 1.46. The van der Waals surface area contributed by atoms with Crippen LogP contribution in [0.1, 0.15) is 31.5 Å². The van der Waals surface area contributed by atoms with Crippen LogP contribution in [0.15, 0.2) is 18.5 Å². The molecule has 1 aliphatic carbocycles. The minimum Gasteiger partial charge on any atom is -0.310 e. The van der Waals surface area contributed by atoms with Gasteiger partial charge in [0.2, 0.25) is 0 Å². The standard InChI is InChI=1S/C12H18ClN3/c13-11-5-2-1-4-10(11)8-14-9-12-15-6-3-7-16-12/h3,6-7,10-11,14H,1-2,4-5,8-9H2. The lowest BCUT2D eigenvalue weighted by molar-refractivity contribution is 0.347. The molecule has 2 rings (SSSR count). The normalized spacial score (nSPS) is 25.6. The maximum absolute atomic E-state index is 6.29. The minimum atomic E-state index is 0.345. The zero-order valence-corrected chi connectivity index (χ0v) is 10.2. The maximum atomic E-state index is 6.29. The van der Waals surface area contributed by atoms with Gasteiger partial charge in [0, 0.05) is 17.8 Å². The first-order valence-corrected chi connectivity index (χ1v) is 6.40. The second-order valence-electron chi connectivity index (χ2n) is 4.36. The number of hydrogen-bond donors (Lipinski definition) is 1. The Bertz CT molecular complexity index is 304. The summed E-state index contributed by atoms with van der Waals surface area (Å²) in [5, 5.41) is 3.74. The van der Waals surface area contributed by atoms with E-state index < -0.39 is 0 Å². The summed E-state index contributed by atoms with van der Waals surface area (Å²) in [4.78, 5) is 8.35. The average molecular weight is 240 g/mol. The third-order valence-electron chi connectivity index (χ3n) is 3.13. The van der Waals surface area contributed by atoms with Gasteiger partial charge in [0.15, 0.2) is 0 Å². The van der Waals surface area contributed by atoms with Crippen molar-refractivity contribution < 1.29 is 0 Å². The second kappa shape index (κ2) is 6.16. The molecule has 1 aromatic heterocycles. The molecule has 0 saturated heterocycles. The molecule has 0 aromatic carbocycles. The molecule has 0 bridgehead atoms. The molecule has 1 saturated carbocycles. The van der Waals surface area contributed by atoms with E-state index in [0.717, 1.165) is 25.3 Å². The molecule has 1 heterocycles. The van der Waals surface area contributed by atoms with Crippen molar-refractivity contribution in [3.8, 4) is 0 Å². The Morgan fingerprint density at radius 1 is 1.25 bits per heavy atom. The monoisotopic (exact) mass is 239 g/mol. The van der Waals surface area contributed by atoms with E-state index in [4.69, 9.17) is 11.6 Å². The van der Waals surface area contributed by atoms with Gasteiger partial charge in [0.05, 0.1) is 6.54 Å². The topological polar surface area (TPSA) is 37.8 Å². The van der Waals surface area contributed by atoms with Gasteiger partial charge in [0.1, 0.15) is 5.82 Å². The fourth-order valence-corrected chi connectivity index (χ4v) is 2.55. The van der Waals surface area contributed by atoms with E-state index in [1.165, 1.54) is 19.3 Å². The molecule has 0 aliphatic heterocycles. The predicted molar refractivity (Wildman–Crippen MR) is 65.3 cm³/mol. The van der Waals surface area contributed by atoms with Gasteiger partial charge in [-0.1, -0.05) is 12.8 Å². The van der Waals surface area contributed by atoms with Gasteiger partial charge < -0.3 is 5.32 Å². The molecule has 88 valence electrons. The third-order valence-corrected chi connectivity index (χ3v) is 3.70. The van der Waals surface area contributed by atoms with Gasteiger partial charge in [-0.3, -0.25) is 0 Å². The van der Waals surface area contributed by atoms with Crippen LogP contribution in [-0.2, 0) is 6.54 Å². The number of hydrogen-bond acceptors (Lipinski definition) is 3. The van der Waals surface area contributed by atoms with Crippen molar-refractivity contribution in [3.05, 3.63) is 24.3 Å².